The van der Waals surface area contributed by atoms with Crippen LogP contribution in [0.3, 0.4) is 0 Å². The number of piperazine rings is 1. The average molecular weight is 394 g/mol. The fourth-order valence-corrected chi connectivity index (χ4v) is 3.99. The van der Waals surface area contributed by atoms with Crippen molar-refractivity contribution in [1.29, 1.82) is 0 Å². The molecule has 5 heteroatoms. The van der Waals surface area contributed by atoms with Gasteiger partial charge in [-0.3, -0.25) is 4.79 Å². The van der Waals surface area contributed by atoms with Crippen molar-refractivity contribution in [3.05, 3.63) is 64.7 Å². The molecule has 0 bridgehead atoms. The van der Waals surface area contributed by atoms with E-state index < -0.39 is 0 Å². The zero-order valence-electron chi connectivity index (χ0n) is 16.3. The highest BCUT2D eigenvalue weighted by Crippen LogP contribution is 2.30. The maximum Gasteiger partial charge on any atom is 0.254 e. The highest BCUT2D eigenvalue weighted by Gasteiger charge is 2.24. The van der Waals surface area contributed by atoms with E-state index in [9.17, 15) is 4.79 Å². The van der Waals surface area contributed by atoms with Crippen LogP contribution in [0.1, 0.15) is 22.8 Å². The number of carbonyl (C=O) groups excluding carboxylic acids is 1. The number of carbonyl (C=O) groups is 1. The maximum absolute atomic E-state index is 13.4. The van der Waals surface area contributed by atoms with Crippen LogP contribution in [0.15, 0.2) is 48.5 Å². The van der Waals surface area contributed by atoms with Crippen LogP contribution in [0.2, 0.25) is 5.02 Å². The van der Waals surface area contributed by atoms with E-state index in [-0.39, 0.29) is 5.91 Å². The summed E-state index contributed by atoms with van der Waals surface area (Å²) >= 11 is 6.41. The molecule has 2 heterocycles. The summed E-state index contributed by atoms with van der Waals surface area (Å²) in [5, 5.41) is 1.54. The molecule has 0 radical (unpaired) electrons. The molecule has 28 heavy (non-hydrogen) atoms. The van der Waals surface area contributed by atoms with Crippen LogP contribution < -0.4 is 0 Å². The first-order valence-corrected chi connectivity index (χ1v) is 10.1. The molecule has 1 aliphatic rings. The molecule has 144 valence electrons. The number of hydrogen-bond acceptors (Lipinski definition) is 3. The number of amides is 1. The van der Waals surface area contributed by atoms with Crippen molar-refractivity contribution in [3.8, 4) is 11.3 Å². The minimum absolute atomic E-state index is 0.0713. The van der Waals surface area contributed by atoms with Gasteiger partial charge in [0, 0.05) is 42.2 Å². The quantitative estimate of drug-likeness (QED) is 0.650. The number of pyridine rings is 1. The summed E-state index contributed by atoms with van der Waals surface area (Å²) in [6.45, 7) is 8.56. The van der Waals surface area contributed by atoms with Gasteiger partial charge < -0.3 is 9.80 Å². The zero-order valence-corrected chi connectivity index (χ0v) is 17.0. The summed E-state index contributed by atoms with van der Waals surface area (Å²) in [7, 11) is 0. The number of rotatable bonds is 3. The number of halogens is 1. The lowest BCUT2D eigenvalue weighted by Gasteiger charge is -2.34. The van der Waals surface area contributed by atoms with Crippen molar-refractivity contribution in [3.63, 3.8) is 0 Å². The lowest BCUT2D eigenvalue weighted by atomic mass is 10.0. The second kappa shape index (κ2) is 7.90. The third-order valence-electron chi connectivity index (χ3n) is 5.45. The first-order valence-electron chi connectivity index (χ1n) is 9.74. The number of fused-ring (bicyclic) bond motifs is 1. The Kier molecular flexibility index (Phi) is 5.33. The van der Waals surface area contributed by atoms with Crippen LogP contribution in [0, 0.1) is 6.92 Å². The van der Waals surface area contributed by atoms with Crippen LogP contribution in [-0.4, -0.2) is 53.4 Å². The molecule has 0 spiro atoms. The highest BCUT2D eigenvalue weighted by atomic mass is 35.5. The predicted octanol–water partition coefficient (Wildman–Crippen LogP) is 4.64. The summed E-state index contributed by atoms with van der Waals surface area (Å²) < 4.78 is 0. The molecule has 1 amide bonds. The number of likely N-dealkylation sites (N-methyl/N-ethyl adjacent to an activating group) is 1. The van der Waals surface area contributed by atoms with Gasteiger partial charge in [-0.2, -0.15) is 0 Å². The highest BCUT2D eigenvalue weighted by molar-refractivity contribution is 6.33. The lowest BCUT2D eigenvalue weighted by Crippen LogP contribution is -2.48. The minimum Gasteiger partial charge on any atom is -0.336 e. The molecule has 1 aromatic heterocycles. The predicted molar refractivity (Wildman–Crippen MR) is 115 cm³/mol. The van der Waals surface area contributed by atoms with E-state index in [0.717, 1.165) is 60.4 Å². The number of nitrogens with zero attached hydrogens (tertiary/aromatic N) is 3. The Balaban J connectivity index is 1.80. The Bertz CT molecular complexity index is 1030. The molecule has 1 fully saturated rings. The largest absolute Gasteiger partial charge is 0.336 e. The van der Waals surface area contributed by atoms with E-state index in [1.54, 1.807) is 0 Å². The number of aryl methyl sites for hydroxylation is 1. The van der Waals surface area contributed by atoms with Crippen molar-refractivity contribution in [2.75, 3.05) is 32.7 Å². The average Bonchev–Trinajstić information content (AvgIpc) is 2.73. The SMILES string of the molecule is CCN1CCN(C(=O)c2cc(-c3ccccc3Cl)nc3ccc(C)cc23)CC1. The van der Waals surface area contributed by atoms with Crippen molar-refractivity contribution < 1.29 is 4.79 Å². The van der Waals surface area contributed by atoms with Gasteiger partial charge in [0.2, 0.25) is 0 Å². The fourth-order valence-electron chi connectivity index (χ4n) is 3.76. The summed E-state index contributed by atoms with van der Waals surface area (Å²) in [6.07, 6.45) is 0. The molecule has 0 N–H and O–H groups in total. The Hall–Kier alpha value is -2.43. The zero-order chi connectivity index (χ0) is 19.7. The van der Waals surface area contributed by atoms with Crippen LogP contribution >= 0.6 is 11.6 Å². The minimum atomic E-state index is 0.0713. The van der Waals surface area contributed by atoms with Gasteiger partial charge in [0.25, 0.3) is 5.91 Å². The summed E-state index contributed by atoms with van der Waals surface area (Å²) in [5.74, 6) is 0.0713. The molecule has 0 atom stereocenters. The second-order valence-corrected chi connectivity index (χ2v) is 7.69. The molecular weight excluding hydrogens is 370 g/mol. The molecule has 0 unspecified atom stereocenters. The normalized spacial score (nSPS) is 15.2. The summed E-state index contributed by atoms with van der Waals surface area (Å²) in [4.78, 5) is 22.6. The van der Waals surface area contributed by atoms with Crippen molar-refractivity contribution in [2.24, 2.45) is 0 Å². The Morgan fingerprint density at radius 1 is 1.07 bits per heavy atom. The van der Waals surface area contributed by atoms with Crippen LogP contribution in [0.5, 0.6) is 0 Å². The molecule has 1 aliphatic heterocycles. The molecule has 3 aromatic rings. The van der Waals surface area contributed by atoms with E-state index in [2.05, 4.69) is 11.8 Å². The molecular formula is C23H24ClN3O. The third kappa shape index (κ3) is 3.62. The Morgan fingerprint density at radius 2 is 1.82 bits per heavy atom. The summed E-state index contributed by atoms with van der Waals surface area (Å²) in [6, 6.07) is 15.6. The summed E-state index contributed by atoms with van der Waals surface area (Å²) in [5.41, 5.74) is 4.21. The van der Waals surface area contributed by atoms with Crippen LogP contribution in [0.4, 0.5) is 0 Å². The third-order valence-corrected chi connectivity index (χ3v) is 5.78. The van der Waals surface area contributed by atoms with Crippen LogP contribution in [-0.2, 0) is 0 Å². The maximum atomic E-state index is 13.4. The van der Waals surface area contributed by atoms with Gasteiger partial charge >= 0.3 is 0 Å². The molecule has 0 saturated carbocycles. The van der Waals surface area contributed by atoms with Gasteiger partial charge in [-0.1, -0.05) is 48.4 Å². The van der Waals surface area contributed by atoms with Crippen molar-refractivity contribution in [1.82, 2.24) is 14.8 Å². The van der Waals surface area contributed by atoms with Crippen LogP contribution in [0.25, 0.3) is 22.2 Å². The van der Waals surface area contributed by atoms with E-state index >= 15 is 0 Å². The van der Waals surface area contributed by atoms with Gasteiger partial charge in [-0.05, 0) is 37.7 Å². The topological polar surface area (TPSA) is 36.4 Å². The van der Waals surface area contributed by atoms with Gasteiger partial charge in [-0.15, -0.1) is 0 Å². The standard InChI is InChI=1S/C23H24ClN3O/c1-3-26-10-12-27(13-11-26)23(28)19-15-22(17-6-4-5-7-20(17)24)25-21-9-8-16(2)14-18(19)21/h4-9,14-15H,3,10-13H2,1-2H3. The first kappa shape index (κ1) is 18.9. The number of aromatic nitrogens is 1. The van der Waals surface area contributed by atoms with Gasteiger partial charge in [-0.25, -0.2) is 4.98 Å². The lowest BCUT2D eigenvalue weighted by molar-refractivity contribution is 0.0645. The molecule has 2 aromatic carbocycles. The molecule has 4 nitrogen and oxygen atoms in total. The smallest absolute Gasteiger partial charge is 0.254 e. The van der Waals surface area contributed by atoms with Gasteiger partial charge in [0.15, 0.2) is 0 Å². The Labute approximate surface area is 170 Å². The number of hydrogen-bond donors (Lipinski definition) is 0. The second-order valence-electron chi connectivity index (χ2n) is 7.28. The van der Waals surface area contributed by atoms with Gasteiger partial charge in [0.1, 0.15) is 0 Å². The van der Waals surface area contributed by atoms with Crippen molar-refractivity contribution >= 4 is 28.4 Å². The molecule has 1 saturated heterocycles. The number of benzene rings is 2. The van der Waals surface area contributed by atoms with E-state index in [1.165, 1.54) is 0 Å². The molecule has 0 aliphatic carbocycles. The fraction of sp³-hybridized carbons (Fsp3) is 0.304. The van der Waals surface area contributed by atoms with E-state index in [0.29, 0.717) is 10.6 Å². The van der Waals surface area contributed by atoms with Crippen molar-refractivity contribution in [2.45, 2.75) is 13.8 Å². The Morgan fingerprint density at radius 3 is 2.54 bits per heavy atom. The molecule has 4 rings (SSSR count). The van der Waals surface area contributed by atoms with E-state index in [1.807, 2.05) is 60.4 Å². The monoisotopic (exact) mass is 393 g/mol. The van der Waals surface area contributed by atoms with E-state index in [4.69, 9.17) is 16.6 Å². The first-order chi connectivity index (χ1) is 13.6. The van der Waals surface area contributed by atoms with Gasteiger partial charge in [0.05, 0.1) is 16.8 Å².